The standard InChI is InChI=1S/C65H90N2O5S6/c1-7-10-13-16-19-22-25-26-29-32-35-38-51(68)48-43-52(76-59(48)61-67-63-62(78-61)66-60(77-63)56-45(4)41-46(5)73-56)53-44-50-55(65(70)72-40-37-34-31-28-24-21-18-15-12-9-3)57-49(42-47(6)74-57)54(58(50)75-53)64(69)71-39-36-33-30-27-23-20-17-14-11-8-2/h41-44H,7-40H2,1-6H3. The Morgan fingerprint density at radius 3 is 1.27 bits per heavy atom. The maximum absolute atomic E-state index is 14.5. The van der Waals surface area contributed by atoms with Crippen LogP contribution in [0, 0.1) is 20.8 Å². The third-order valence-electron chi connectivity index (χ3n) is 15.1. The summed E-state index contributed by atoms with van der Waals surface area (Å²) < 4.78 is 13.8. The van der Waals surface area contributed by atoms with Gasteiger partial charge in [-0.25, -0.2) is 19.6 Å². The van der Waals surface area contributed by atoms with Crippen LogP contribution in [-0.4, -0.2) is 40.9 Å². The molecule has 0 saturated carbocycles. The topological polar surface area (TPSA) is 95.5 Å². The van der Waals surface area contributed by atoms with E-state index in [4.69, 9.17) is 19.4 Å². The van der Waals surface area contributed by atoms with Crippen molar-refractivity contribution in [1.29, 1.82) is 0 Å². The molecule has 6 heterocycles. The summed E-state index contributed by atoms with van der Waals surface area (Å²) in [6.07, 6.45) is 38.0. The van der Waals surface area contributed by atoms with E-state index >= 15 is 0 Å². The van der Waals surface area contributed by atoms with Gasteiger partial charge in [-0.2, -0.15) is 0 Å². The summed E-state index contributed by atoms with van der Waals surface area (Å²) >= 11 is 9.56. The molecule has 0 aliphatic heterocycles. The number of hydrogen-bond donors (Lipinski definition) is 0. The van der Waals surface area contributed by atoms with Crippen molar-refractivity contribution >= 4 is 116 Å². The molecule has 78 heavy (non-hydrogen) atoms. The number of aryl methyl sites for hydroxylation is 3. The maximum atomic E-state index is 14.5. The number of ketones is 1. The van der Waals surface area contributed by atoms with Gasteiger partial charge in [0.25, 0.3) is 0 Å². The van der Waals surface area contributed by atoms with Crippen molar-refractivity contribution in [3.8, 4) is 29.5 Å². The first kappa shape index (κ1) is 62.3. The lowest BCUT2D eigenvalue weighted by molar-refractivity contribution is 0.0490. The Morgan fingerprint density at radius 1 is 0.410 bits per heavy atom. The number of benzene rings is 1. The van der Waals surface area contributed by atoms with Gasteiger partial charge in [0.2, 0.25) is 0 Å². The fourth-order valence-corrected chi connectivity index (χ4v) is 17.5. The predicted octanol–water partition coefficient (Wildman–Crippen LogP) is 23.3. The van der Waals surface area contributed by atoms with E-state index in [1.165, 1.54) is 179 Å². The molecule has 0 aliphatic carbocycles. The Bertz CT molecular complexity index is 2820. The van der Waals surface area contributed by atoms with Gasteiger partial charge in [0.05, 0.1) is 43.5 Å². The van der Waals surface area contributed by atoms with Crippen LogP contribution < -0.4 is 0 Å². The molecule has 0 bridgehead atoms. The zero-order valence-corrected chi connectivity index (χ0v) is 53.1. The molecule has 0 atom stereocenters. The number of aromatic nitrogens is 2. The minimum Gasteiger partial charge on any atom is -0.462 e. The highest BCUT2D eigenvalue weighted by atomic mass is 32.1. The van der Waals surface area contributed by atoms with Crippen LogP contribution in [0.1, 0.15) is 273 Å². The molecule has 13 heteroatoms. The van der Waals surface area contributed by atoms with Crippen molar-refractivity contribution in [2.24, 2.45) is 0 Å². The third-order valence-corrected chi connectivity index (χ3v) is 22.2. The molecular weight excluding hydrogens is 1080 g/mol. The lowest BCUT2D eigenvalue weighted by Crippen LogP contribution is -2.11. The first-order valence-electron chi connectivity index (χ1n) is 30.5. The lowest BCUT2D eigenvalue weighted by Gasteiger charge is -2.11. The molecule has 1 aromatic carbocycles. The Labute approximate surface area is 491 Å². The number of carbonyl (C=O) groups excluding carboxylic acids is 3. The van der Waals surface area contributed by atoms with Gasteiger partial charge >= 0.3 is 11.9 Å². The zero-order chi connectivity index (χ0) is 55.1. The Balaban J connectivity index is 1.15. The molecule has 0 unspecified atom stereocenters. The smallest absolute Gasteiger partial charge is 0.340 e. The molecule has 7 nitrogen and oxygen atoms in total. The van der Waals surface area contributed by atoms with E-state index in [9.17, 15) is 14.4 Å². The van der Waals surface area contributed by atoms with Gasteiger partial charge in [0.15, 0.2) is 15.4 Å². The van der Waals surface area contributed by atoms with E-state index in [1.54, 1.807) is 45.3 Å². The number of esters is 2. The van der Waals surface area contributed by atoms with Crippen LogP contribution in [0.4, 0.5) is 0 Å². The van der Waals surface area contributed by atoms with E-state index in [-0.39, 0.29) is 17.7 Å². The van der Waals surface area contributed by atoms with Gasteiger partial charge in [-0.15, -0.1) is 45.3 Å². The van der Waals surface area contributed by atoms with Gasteiger partial charge in [-0.3, -0.25) is 4.79 Å². The van der Waals surface area contributed by atoms with E-state index < -0.39 is 0 Å². The molecular formula is C65H90N2O5S6. The summed E-state index contributed by atoms with van der Waals surface area (Å²) in [4.78, 5) is 61.8. The summed E-state index contributed by atoms with van der Waals surface area (Å²) in [6, 6.07) is 8.37. The van der Waals surface area contributed by atoms with Crippen LogP contribution >= 0.6 is 68.0 Å². The van der Waals surface area contributed by atoms with Crippen molar-refractivity contribution in [3.63, 3.8) is 0 Å². The summed E-state index contributed by atoms with van der Waals surface area (Å²) in [5.74, 6) is -0.575. The van der Waals surface area contributed by atoms with Crippen molar-refractivity contribution in [2.75, 3.05) is 13.2 Å². The zero-order valence-electron chi connectivity index (χ0n) is 48.2. The number of ether oxygens (including phenoxy) is 2. The summed E-state index contributed by atoms with van der Waals surface area (Å²) in [5.41, 5.74) is 2.95. The normalized spacial score (nSPS) is 11.8. The predicted molar refractivity (Wildman–Crippen MR) is 342 cm³/mol. The molecule has 426 valence electrons. The molecule has 0 saturated heterocycles. The highest BCUT2D eigenvalue weighted by Gasteiger charge is 2.30. The number of thiazole rings is 2. The first-order chi connectivity index (χ1) is 38.1. The van der Waals surface area contributed by atoms with E-state index in [0.717, 1.165) is 112 Å². The van der Waals surface area contributed by atoms with E-state index in [1.807, 2.05) is 13.0 Å². The first-order valence-corrected chi connectivity index (χ1v) is 35.4. The van der Waals surface area contributed by atoms with Crippen LogP contribution in [0.2, 0.25) is 0 Å². The van der Waals surface area contributed by atoms with Gasteiger partial charge in [0, 0.05) is 42.3 Å². The van der Waals surface area contributed by atoms with Crippen molar-refractivity contribution in [2.45, 2.75) is 247 Å². The number of fused-ring (bicyclic) bond motifs is 3. The molecule has 0 spiro atoms. The second-order valence-corrected chi connectivity index (χ2v) is 28.5. The van der Waals surface area contributed by atoms with Crippen LogP contribution in [0.25, 0.3) is 59.4 Å². The second-order valence-electron chi connectivity index (χ2n) is 21.9. The van der Waals surface area contributed by atoms with Crippen LogP contribution in [-0.2, 0) is 9.47 Å². The van der Waals surface area contributed by atoms with E-state index in [0.29, 0.717) is 41.7 Å². The van der Waals surface area contributed by atoms with Crippen molar-refractivity contribution in [3.05, 3.63) is 56.3 Å². The van der Waals surface area contributed by atoms with Crippen molar-refractivity contribution < 1.29 is 23.9 Å². The minimum absolute atomic E-state index is 0.130. The number of hydrogen-bond acceptors (Lipinski definition) is 13. The molecule has 0 N–H and O–H groups in total. The minimum atomic E-state index is -0.352. The number of unbranched alkanes of at least 4 members (excludes halogenated alkanes) is 28. The Morgan fingerprint density at radius 2 is 0.808 bits per heavy atom. The Kier molecular flexibility index (Phi) is 26.8. The summed E-state index contributed by atoms with van der Waals surface area (Å²) in [5, 5.41) is 3.24. The largest absolute Gasteiger partial charge is 0.462 e. The average Bonchev–Trinajstić information content (AvgIpc) is 4.41. The summed E-state index contributed by atoms with van der Waals surface area (Å²) in [6.45, 7) is 13.8. The second kappa shape index (κ2) is 33.6. The van der Waals surface area contributed by atoms with Crippen molar-refractivity contribution in [1.82, 2.24) is 9.97 Å². The SMILES string of the molecule is CCCCCCCCCCCCCC(=O)c1cc(-c2cc3c(C(=O)OCCCCCCCCCCCC)c4sc(C)cc4c(C(=O)OCCCCCCCCCCCC)c3s2)sc1-c1nc2sc(-c3sc(C)cc3C)nc2s1. The average molecular weight is 1170 g/mol. The third kappa shape index (κ3) is 18.1. The van der Waals surface area contributed by atoms with Crippen LogP contribution in [0.5, 0.6) is 0 Å². The van der Waals surface area contributed by atoms with Gasteiger partial charge in [-0.05, 0) is 69.9 Å². The van der Waals surface area contributed by atoms with Crippen LogP contribution in [0.3, 0.4) is 0 Å². The number of carbonyl (C=O) groups is 3. The van der Waals surface area contributed by atoms with Gasteiger partial charge < -0.3 is 9.47 Å². The fraction of sp³-hybridized carbons (Fsp3) is 0.615. The monoisotopic (exact) mass is 1170 g/mol. The van der Waals surface area contributed by atoms with Crippen LogP contribution in [0.15, 0.2) is 24.3 Å². The molecule has 6 aromatic heterocycles. The Hall–Kier alpha value is -3.33. The molecule has 7 rings (SSSR count). The quantitative estimate of drug-likeness (QED) is 0.0214. The molecule has 0 amide bonds. The fourth-order valence-electron chi connectivity index (χ4n) is 10.7. The highest BCUT2D eigenvalue weighted by molar-refractivity contribution is 7.33. The number of rotatable bonds is 40. The summed E-state index contributed by atoms with van der Waals surface area (Å²) in [7, 11) is 0. The number of nitrogens with zero attached hydrogens (tertiary/aromatic N) is 2. The molecule has 7 aromatic rings. The molecule has 0 aliphatic rings. The van der Waals surface area contributed by atoms with E-state index in [2.05, 4.69) is 52.8 Å². The molecule has 0 fully saturated rings. The highest BCUT2D eigenvalue weighted by Crippen LogP contribution is 2.49. The van der Waals surface area contributed by atoms with Gasteiger partial charge in [0.1, 0.15) is 10.0 Å². The lowest BCUT2D eigenvalue weighted by atomic mass is 10.0. The van der Waals surface area contributed by atoms with Gasteiger partial charge in [-0.1, -0.05) is 223 Å². The number of Topliss-reactive ketones (excluding diaryl/α,β-unsaturated/α-hetero) is 1. The molecule has 0 radical (unpaired) electrons. The number of thiophene rings is 4. The maximum Gasteiger partial charge on any atom is 0.340 e.